The first-order chi connectivity index (χ1) is 12.1. The number of aromatic nitrogens is 4. The summed E-state index contributed by atoms with van der Waals surface area (Å²) in [6.45, 7) is 5.85. The van der Waals surface area contributed by atoms with Gasteiger partial charge in [-0.3, -0.25) is 9.48 Å². The minimum atomic E-state index is 0.125. The third-order valence-electron chi connectivity index (χ3n) is 4.96. The number of carbonyl (C=O) groups excluding carboxylic acids is 1. The number of carbonyl (C=O) groups is 1. The Hall–Kier alpha value is -2.63. The van der Waals surface area contributed by atoms with E-state index >= 15 is 0 Å². The predicted octanol–water partition coefficient (Wildman–Crippen LogP) is 2.78. The molecule has 1 unspecified atom stereocenters. The molecule has 6 nitrogen and oxygen atoms in total. The maximum absolute atomic E-state index is 12.6. The molecular weight excluding hydrogens is 314 g/mol. The van der Waals surface area contributed by atoms with Crippen LogP contribution in [0.4, 0.5) is 0 Å². The lowest BCUT2D eigenvalue weighted by Crippen LogP contribution is -2.41. The smallest absolute Gasteiger partial charge is 0.244 e. The summed E-state index contributed by atoms with van der Waals surface area (Å²) in [6, 6.07) is 8.10. The van der Waals surface area contributed by atoms with Crippen molar-refractivity contribution in [2.24, 2.45) is 0 Å². The van der Waals surface area contributed by atoms with Gasteiger partial charge in [0.15, 0.2) is 0 Å². The third-order valence-corrected chi connectivity index (χ3v) is 4.96. The van der Waals surface area contributed by atoms with Crippen molar-refractivity contribution in [2.45, 2.75) is 39.2 Å². The molecule has 1 N–H and O–H groups in total. The van der Waals surface area contributed by atoms with Crippen LogP contribution in [0.25, 0.3) is 11.0 Å². The number of fused-ring (bicyclic) bond motifs is 1. The van der Waals surface area contributed by atoms with Gasteiger partial charge in [-0.1, -0.05) is 12.1 Å². The van der Waals surface area contributed by atoms with Gasteiger partial charge < -0.3 is 9.88 Å². The molecule has 0 radical (unpaired) electrons. The number of benzene rings is 1. The average Bonchev–Trinajstić information content (AvgIpc) is 3.22. The molecule has 0 aliphatic carbocycles. The predicted molar refractivity (Wildman–Crippen MR) is 96.3 cm³/mol. The monoisotopic (exact) mass is 337 g/mol. The molecule has 3 aromatic rings. The van der Waals surface area contributed by atoms with E-state index in [1.807, 2.05) is 30.2 Å². The fraction of sp³-hybridized carbons (Fsp3) is 0.421. The Morgan fingerprint density at radius 1 is 1.32 bits per heavy atom. The molecule has 1 aliphatic heterocycles. The van der Waals surface area contributed by atoms with E-state index in [0.29, 0.717) is 6.54 Å². The minimum Gasteiger partial charge on any atom is -0.342 e. The first kappa shape index (κ1) is 15.9. The van der Waals surface area contributed by atoms with Crippen molar-refractivity contribution in [1.29, 1.82) is 0 Å². The molecule has 4 rings (SSSR count). The summed E-state index contributed by atoms with van der Waals surface area (Å²) in [6.07, 6.45) is 3.92. The summed E-state index contributed by atoms with van der Waals surface area (Å²) in [7, 11) is 0. The van der Waals surface area contributed by atoms with Gasteiger partial charge in [0.05, 0.1) is 16.7 Å². The zero-order valence-electron chi connectivity index (χ0n) is 14.7. The number of piperidine rings is 1. The number of likely N-dealkylation sites (tertiary alicyclic amines) is 1. The number of nitrogens with zero attached hydrogens (tertiary/aromatic N) is 4. The van der Waals surface area contributed by atoms with Crippen LogP contribution in [0, 0.1) is 13.8 Å². The molecule has 25 heavy (non-hydrogen) atoms. The maximum Gasteiger partial charge on any atom is 0.244 e. The van der Waals surface area contributed by atoms with Gasteiger partial charge in [-0.2, -0.15) is 5.10 Å². The van der Waals surface area contributed by atoms with Crippen LogP contribution in [0.2, 0.25) is 0 Å². The number of para-hydroxylation sites is 1. The molecule has 1 fully saturated rings. The second-order valence-electron chi connectivity index (χ2n) is 6.93. The van der Waals surface area contributed by atoms with E-state index in [4.69, 9.17) is 4.98 Å². The highest BCUT2D eigenvalue weighted by atomic mass is 16.2. The second-order valence-corrected chi connectivity index (χ2v) is 6.93. The van der Waals surface area contributed by atoms with Crippen LogP contribution < -0.4 is 0 Å². The Balaban J connectivity index is 1.49. The Morgan fingerprint density at radius 2 is 2.20 bits per heavy atom. The van der Waals surface area contributed by atoms with E-state index in [0.717, 1.165) is 48.5 Å². The molecule has 3 heterocycles. The first-order valence-electron chi connectivity index (χ1n) is 8.83. The van der Waals surface area contributed by atoms with Crippen molar-refractivity contribution in [3.05, 3.63) is 47.5 Å². The number of nitrogens with one attached hydrogen (secondary N) is 1. The summed E-state index contributed by atoms with van der Waals surface area (Å²) < 4.78 is 1.71. The lowest BCUT2D eigenvalue weighted by Gasteiger charge is -2.31. The highest BCUT2D eigenvalue weighted by molar-refractivity contribution is 5.79. The quantitative estimate of drug-likeness (QED) is 0.799. The van der Waals surface area contributed by atoms with Gasteiger partial charge in [0, 0.05) is 25.2 Å². The zero-order chi connectivity index (χ0) is 17.4. The number of hydrogen-bond donors (Lipinski definition) is 1. The lowest BCUT2D eigenvalue weighted by atomic mass is 9.97. The number of imidazole rings is 1. The highest BCUT2D eigenvalue weighted by Gasteiger charge is 2.27. The standard InChI is InChI=1S/C19H23N5O/c1-13-5-3-7-16-18(13)21-19(20-16)15-6-4-9-23(11-15)17(25)12-24-10-8-14(2)22-24/h3,5,7-8,10,15H,4,6,9,11-12H2,1-2H3,(H,20,21). The number of hydrogen-bond acceptors (Lipinski definition) is 3. The summed E-state index contributed by atoms with van der Waals surface area (Å²) in [5.41, 5.74) is 4.22. The van der Waals surface area contributed by atoms with E-state index in [1.54, 1.807) is 4.68 Å². The van der Waals surface area contributed by atoms with Crippen molar-refractivity contribution < 1.29 is 4.79 Å². The summed E-state index contributed by atoms with van der Waals surface area (Å²) in [4.78, 5) is 22.8. The zero-order valence-corrected chi connectivity index (χ0v) is 14.7. The number of rotatable bonds is 3. The van der Waals surface area contributed by atoms with Gasteiger partial charge in [0.2, 0.25) is 5.91 Å². The van der Waals surface area contributed by atoms with Gasteiger partial charge in [-0.15, -0.1) is 0 Å². The van der Waals surface area contributed by atoms with Gasteiger partial charge in [0.25, 0.3) is 0 Å². The SMILES string of the molecule is Cc1ccn(CC(=O)N2CCCC(c3nc4c(C)cccc4[nH]3)C2)n1. The molecule has 6 heteroatoms. The minimum absolute atomic E-state index is 0.125. The van der Waals surface area contributed by atoms with E-state index < -0.39 is 0 Å². The van der Waals surface area contributed by atoms with E-state index in [9.17, 15) is 4.79 Å². The topological polar surface area (TPSA) is 66.8 Å². The lowest BCUT2D eigenvalue weighted by molar-refractivity contribution is -0.133. The average molecular weight is 337 g/mol. The molecule has 0 saturated carbocycles. The largest absolute Gasteiger partial charge is 0.342 e. The van der Waals surface area contributed by atoms with Crippen molar-refractivity contribution >= 4 is 16.9 Å². The number of H-pyrrole nitrogens is 1. The molecule has 130 valence electrons. The van der Waals surface area contributed by atoms with Crippen LogP contribution in [-0.4, -0.2) is 43.6 Å². The summed E-state index contributed by atoms with van der Waals surface area (Å²) in [5, 5.41) is 4.31. The normalized spacial score (nSPS) is 18.0. The Kier molecular flexibility index (Phi) is 4.03. The van der Waals surface area contributed by atoms with Crippen LogP contribution in [0.1, 0.15) is 35.8 Å². The highest BCUT2D eigenvalue weighted by Crippen LogP contribution is 2.27. The number of amides is 1. The summed E-state index contributed by atoms with van der Waals surface area (Å²) in [5.74, 6) is 1.39. The maximum atomic E-state index is 12.6. The van der Waals surface area contributed by atoms with Gasteiger partial charge >= 0.3 is 0 Å². The van der Waals surface area contributed by atoms with Crippen LogP contribution in [0.15, 0.2) is 30.5 Å². The van der Waals surface area contributed by atoms with Crippen molar-refractivity contribution in [2.75, 3.05) is 13.1 Å². The molecule has 1 atom stereocenters. The molecule has 1 aliphatic rings. The van der Waals surface area contributed by atoms with Crippen LogP contribution >= 0.6 is 0 Å². The van der Waals surface area contributed by atoms with Gasteiger partial charge in [-0.05, 0) is 44.4 Å². The Morgan fingerprint density at radius 3 is 2.96 bits per heavy atom. The fourth-order valence-corrected chi connectivity index (χ4v) is 3.60. The number of aryl methyl sites for hydroxylation is 2. The summed E-state index contributed by atoms with van der Waals surface area (Å²) >= 11 is 0. The van der Waals surface area contributed by atoms with Crippen LogP contribution in [0.3, 0.4) is 0 Å². The van der Waals surface area contributed by atoms with Gasteiger partial charge in [0.1, 0.15) is 12.4 Å². The van der Waals surface area contributed by atoms with E-state index in [2.05, 4.69) is 29.1 Å². The van der Waals surface area contributed by atoms with Gasteiger partial charge in [-0.25, -0.2) is 4.98 Å². The molecule has 0 spiro atoms. The second kappa shape index (κ2) is 6.35. The molecule has 2 aromatic heterocycles. The molecule has 1 aromatic carbocycles. The molecular formula is C19H23N5O. The molecule has 1 saturated heterocycles. The molecule has 1 amide bonds. The Labute approximate surface area is 146 Å². The van der Waals surface area contributed by atoms with Crippen molar-refractivity contribution in [1.82, 2.24) is 24.6 Å². The first-order valence-corrected chi connectivity index (χ1v) is 8.83. The third kappa shape index (κ3) is 3.16. The molecule has 0 bridgehead atoms. The van der Waals surface area contributed by atoms with Crippen LogP contribution in [0.5, 0.6) is 0 Å². The Bertz CT molecular complexity index is 910. The number of aromatic amines is 1. The van der Waals surface area contributed by atoms with Crippen LogP contribution in [-0.2, 0) is 11.3 Å². The fourth-order valence-electron chi connectivity index (χ4n) is 3.60. The van der Waals surface area contributed by atoms with E-state index in [1.165, 1.54) is 5.56 Å². The van der Waals surface area contributed by atoms with E-state index in [-0.39, 0.29) is 11.8 Å². The van der Waals surface area contributed by atoms with Crippen molar-refractivity contribution in [3.63, 3.8) is 0 Å². The van der Waals surface area contributed by atoms with Crippen molar-refractivity contribution in [3.8, 4) is 0 Å².